The van der Waals surface area contributed by atoms with Crippen LogP contribution in [0.2, 0.25) is 0 Å². The minimum atomic E-state index is -0.115. The lowest BCUT2D eigenvalue weighted by Crippen LogP contribution is -2.42. The molecule has 2 aliphatic heterocycles. The van der Waals surface area contributed by atoms with E-state index >= 15 is 0 Å². The molecule has 0 spiro atoms. The number of aromatic amines is 1. The number of H-pyrrole nitrogens is 1. The summed E-state index contributed by atoms with van der Waals surface area (Å²) in [5.41, 5.74) is 3.96. The Morgan fingerprint density at radius 2 is 2.19 bits per heavy atom. The second kappa shape index (κ2) is 6.98. The van der Waals surface area contributed by atoms with Crippen LogP contribution in [-0.2, 0) is 11.3 Å². The first-order valence-electron chi connectivity index (χ1n) is 9.07. The topological polar surface area (TPSA) is 62.3 Å². The molecule has 2 aromatic rings. The standard InChI is InChI=1S/C19H24N4O2S/c1-12-5-3-7-16(13(12)2)23-17-15(18(24)21-19(23)26)10-22(11-20-17)9-14-6-4-8-25-14/h3,5,7,14,20H,4,6,8-11H2,1-2H3,(H,21,24,26)/t14-/m0/s1. The zero-order valence-corrected chi connectivity index (χ0v) is 16.0. The highest BCUT2D eigenvalue weighted by atomic mass is 32.1. The van der Waals surface area contributed by atoms with Crippen molar-refractivity contribution in [2.45, 2.75) is 39.3 Å². The summed E-state index contributed by atoms with van der Waals surface area (Å²) in [6, 6.07) is 6.14. The van der Waals surface area contributed by atoms with Crippen LogP contribution < -0.4 is 10.9 Å². The lowest BCUT2D eigenvalue weighted by atomic mass is 10.1. The van der Waals surface area contributed by atoms with Gasteiger partial charge in [-0.05, 0) is 56.1 Å². The Hall–Kier alpha value is -1.96. The molecular formula is C19H24N4O2S. The second-order valence-electron chi connectivity index (χ2n) is 7.12. The van der Waals surface area contributed by atoms with E-state index in [1.807, 2.05) is 16.7 Å². The summed E-state index contributed by atoms with van der Waals surface area (Å²) >= 11 is 5.49. The van der Waals surface area contributed by atoms with Gasteiger partial charge in [0.15, 0.2) is 4.77 Å². The van der Waals surface area contributed by atoms with Crippen LogP contribution in [0.4, 0.5) is 5.82 Å². The van der Waals surface area contributed by atoms with Crippen molar-refractivity contribution in [3.8, 4) is 5.69 Å². The molecule has 3 heterocycles. The first-order valence-corrected chi connectivity index (χ1v) is 9.48. The van der Waals surface area contributed by atoms with Crippen LogP contribution in [0, 0.1) is 18.6 Å². The monoisotopic (exact) mass is 372 g/mol. The van der Waals surface area contributed by atoms with Gasteiger partial charge in [-0.2, -0.15) is 0 Å². The van der Waals surface area contributed by atoms with Crippen LogP contribution in [0.1, 0.15) is 29.5 Å². The van der Waals surface area contributed by atoms with Gasteiger partial charge in [-0.15, -0.1) is 0 Å². The highest BCUT2D eigenvalue weighted by Crippen LogP contribution is 2.27. The smallest absolute Gasteiger partial charge is 0.258 e. The summed E-state index contributed by atoms with van der Waals surface area (Å²) < 4.78 is 8.11. The third-order valence-corrected chi connectivity index (χ3v) is 5.65. The Morgan fingerprint density at radius 3 is 2.96 bits per heavy atom. The van der Waals surface area contributed by atoms with Crippen molar-refractivity contribution in [1.29, 1.82) is 0 Å². The van der Waals surface area contributed by atoms with E-state index in [2.05, 4.69) is 35.1 Å². The summed E-state index contributed by atoms with van der Waals surface area (Å²) in [5.74, 6) is 0.802. The molecule has 0 unspecified atom stereocenters. The van der Waals surface area contributed by atoms with E-state index in [0.29, 0.717) is 18.0 Å². The predicted molar refractivity (Wildman–Crippen MR) is 105 cm³/mol. The van der Waals surface area contributed by atoms with Gasteiger partial charge in [0.05, 0.1) is 24.0 Å². The normalized spacial score (nSPS) is 20.0. The van der Waals surface area contributed by atoms with E-state index in [9.17, 15) is 4.79 Å². The molecule has 1 aromatic heterocycles. The van der Waals surface area contributed by atoms with Crippen LogP contribution in [0.15, 0.2) is 23.0 Å². The van der Waals surface area contributed by atoms with Crippen molar-refractivity contribution in [1.82, 2.24) is 14.5 Å². The number of aromatic nitrogens is 2. The number of fused-ring (bicyclic) bond motifs is 1. The minimum absolute atomic E-state index is 0.115. The van der Waals surface area contributed by atoms with Gasteiger partial charge < -0.3 is 10.1 Å². The number of hydrogen-bond donors (Lipinski definition) is 2. The Labute approximate surface area is 157 Å². The Kier molecular flexibility index (Phi) is 4.69. The van der Waals surface area contributed by atoms with Crippen LogP contribution in [0.3, 0.4) is 0 Å². The van der Waals surface area contributed by atoms with Crippen molar-refractivity contribution in [2.75, 3.05) is 25.1 Å². The van der Waals surface area contributed by atoms with Crippen LogP contribution in [0.5, 0.6) is 0 Å². The van der Waals surface area contributed by atoms with E-state index < -0.39 is 0 Å². The van der Waals surface area contributed by atoms with Gasteiger partial charge in [0.2, 0.25) is 0 Å². The van der Waals surface area contributed by atoms with E-state index in [-0.39, 0.29) is 11.7 Å². The molecule has 0 saturated carbocycles. The molecule has 2 N–H and O–H groups in total. The zero-order chi connectivity index (χ0) is 18.3. The number of anilines is 1. The number of rotatable bonds is 3. The fourth-order valence-corrected chi connectivity index (χ4v) is 4.07. The Balaban J connectivity index is 1.74. The highest BCUT2D eigenvalue weighted by molar-refractivity contribution is 7.71. The Bertz CT molecular complexity index is 944. The van der Waals surface area contributed by atoms with Crippen LogP contribution in [0.25, 0.3) is 5.69 Å². The first-order chi connectivity index (χ1) is 12.5. The number of nitrogens with one attached hydrogen (secondary N) is 2. The highest BCUT2D eigenvalue weighted by Gasteiger charge is 2.26. The van der Waals surface area contributed by atoms with Gasteiger partial charge in [-0.25, -0.2) is 0 Å². The van der Waals surface area contributed by atoms with Crippen molar-refractivity contribution in [3.05, 3.63) is 50.0 Å². The number of benzene rings is 1. The van der Waals surface area contributed by atoms with Gasteiger partial charge >= 0.3 is 0 Å². The maximum atomic E-state index is 12.6. The third kappa shape index (κ3) is 3.11. The summed E-state index contributed by atoms with van der Waals surface area (Å²) in [6.45, 7) is 7.11. The molecule has 7 heteroatoms. The number of nitrogens with zero attached hydrogens (tertiary/aromatic N) is 2. The summed E-state index contributed by atoms with van der Waals surface area (Å²) in [5, 5.41) is 3.43. The van der Waals surface area contributed by atoms with Crippen molar-refractivity contribution in [2.24, 2.45) is 0 Å². The van der Waals surface area contributed by atoms with E-state index in [1.165, 1.54) is 5.56 Å². The third-order valence-electron chi connectivity index (χ3n) is 5.36. The average molecular weight is 372 g/mol. The quantitative estimate of drug-likeness (QED) is 0.812. The first kappa shape index (κ1) is 17.5. The number of aryl methyl sites for hydroxylation is 1. The summed E-state index contributed by atoms with van der Waals surface area (Å²) in [6.07, 6.45) is 2.48. The molecule has 0 bridgehead atoms. The average Bonchev–Trinajstić information content (AvgIpc) is 3.12. The maximum Gasteiger partial charge on any atom is 0.258 e. The molecule has 0 radical (unpaired) electrons. The van der Waals surface area contributed by atoms with Gasteiger partial charge in [0.1, 0.15) is 5.82 Å². The molecule has 0 aliphatic carbocycles. The fourth-order valence-electron chi connectivity index (χ4n) is 3.78. The SMILES string of the molecule is Cc1cccc(-n2c3c(c(=O)[nH]c2=S)CN(C[C@@H]2CCCO2)CN3)c1C. The Morgan fingerprint density at radius 1 is 1.35 bits per heavy atom. The maximum absolute atomic E-state index is 12.6. The molecule has 138 valence electrons. The van der Waals surface area contributed by atoms with Gasteiger partial charge in [0.25, 0.3) is 5.56 Å². The lowest BCUT2D eigenvalue weighted by Gasteiger charge is -2.32. The summed E-state index contributed by atoms with van der Waals surface area (Å²) in [4.78, 5) is 17.6. The van der Waals surface area contributed by atoms with Gasteiger partial charge in [-0.3, -0.25) is 19.2 Å². The molecular weight excluding hydrogens is 348 g/mol. The van der Waals surface area contributed by atoms with Crippen molar-refractivity contribution < 1.29 is 4.74 Å². The van der Waals surface area contributed by atoms with Gasteiger partial charge in [-0.1, -0.05) is 12.1 Å². The second-order valence-corrected chi connectivity index (χ2v) is 7.51. The molecule has 6 nitrogen and oxygen atoms in total. The van der Waals surface area contributed by atoms with Crippen LogP contribution in [-0.4, -0.2) is 40.4 Å². The van der Waals surface area contributed by atoms with Crippen molar-refractivity contribution >= 4 is 18.0 Å². The molecule has 26 heavy (non-hydrogen) atoms. The van der Waals surface area contributed by atoms with E-state index in [0.717, 1.165) is 48.6 Å². The van der Waals surface area contributed by atoms with Crippen LogP contribution >= 0.6 is 12.2 Å². The molecule has 2 aliphatic rings. The number of hydrogen-bond acceptors (Lipinski definition) is 5. The molecule has 1 aromatic carbocycles. The minimum Gasteiger partial charge on any atom is -0.377 e. The lowest BCUT2D eigenvalue weighted by molar-refractivity contribution is 0.0716. The molecule has 1 fully saturated rings. The molecule has 1 saturated heterocycles. The largest absolute Gasteiger partial charge is 0.377 e. The van der Waals surface area contributed by atoms with Crippen molar-refractivity contribution in [3.63, 3.8) is 0 Å². The fraction of sp³-hybridized carbons (Fsp3) is 0.474. The van der Waals surface area contributed by atoms with E-state index in [4.69, 9.17) is 17.0 Å². The number of ether oxygens (including phenoxy) is 1. The van der Waals surface area contributed by atoms with E-state index in [1.54, 1.807) is 0 Å². The predicted octanol–water partition coefficient (Wildman–Crippen LogP) is 2.88. The molecule has 4 rings (SSSR count). The molecule has 0 amide bonds. The van der Waals surface area contributed by atoms with Gasteiger partial charge in [0, 0.05) is 19.7 Å². The zero-order valence-electron chi connectivity index (χ0n) is 15.2. The molecule has 1 atom stereocenters. The summed E-state index contributed by atoms with van der Waals surface area (Å²) in [7, 11) is 0.